The number of hydrogen-bond donors (Lipinski definition) is 0. The lowest BCUT2D eigenvalue weighted by molar-refractivity contribution is -0.348. The second-order valence-corrected chi connectivity index (χ2v) is 6.42. The second-order valence-electron chi connectivity index (χ2n) is 5.31. The third-order valence-electron chi connectivity index (χ3n) is 3.61. The topological polar surface area (TPSA) is 4.93 Å². The van der Waals surface area contributed by atoms with E-state index in [1.165, 1.54) is 13.8 Å². The Balaban J connectivity index is 2.72. The SMILES string of the molecule is Cc1cc(C(F)(C(F)(F)F)C(F)(F)F)cc(C)c1-n1cccc1I. The molecule has 0 aliphatic carbocycles. The Bertz CT molecular complexity index is 721. The smallest absolute Gasteiger partial charge is 0.311 e. The summed E-state index contributed by atoms with van der Waals surface area (Å²) in [5, 5.41) is 0. The predicted octanol–water partition coefficient (Wildman–Crippen LogP) is 5.99. The van der Waals surface area contributed by atoms with Crippen molar-refractivity contribution in [3.8, 4) is 5.69 Å². The van der Waals surface area contributed by atoms with Crippen molar-refractivity contribution in [3.63, 3.8) is 0 Å². The minimum absolute atomic E-state index is 0.106. The van der Waals surface area contributed by atoms with Crippen LogP contribution in [-0.4, -0.2) is 16.9 Å². The highest BCUT2D eigenvalue weighted by Crippen LogP contribution is 2.53. The molecule has 1 aromatic carbocycles. The fourth-order valence-electron chi connectivity index (χ4n) is 2.56. The molecule has 0 atom stereocenters. The molecule has 0 bridgehead atoms. The van der Waals surface area contributed by atoms with Crippen molar-refractivity contribution in [1.82, 2.24) is 4.57 Å². The van der Waals surface area contributed by atoms with Gasteiger partial charge in [-0.15, -0.1) is 0 Å². The fourth-order valence-corrected chi connectivity index (χ4v) is 3.17. The molecule has 9 heteroatoms. The van der Waals surface area contributed by atoms with E-state index in [9.17, 15) is 30.7 Å². The van der Waals surface area contributed by atoms with Crippen molar-refractivity contribution < 1.29 is 30.7 Å². The summed E-state index contributed by atoms with van der Waals surface area (Å²) in [6.45, 7) is 2.68. The molecule has 0 unspecified atom stereocenters. The third-order valence-corrected chi connectivity index (χ3v) is 4.49. The molecule has 0 aliphatic rings. The molecule has 0 saturated heterocycles. The van der Waals surface area contributed by atoms with Crippen LogP contribution >= 0.6 is 22.6 Å². The van der Waals surface area contributed by atoms with Gasteiger partial charge in [-0.2, -0.15) is 26.3 Å². The van der Waals surface area contributed by atoms with Gasteiger partial charge in [0.25, 0.3) is 0 Å². The van der Waals surface area contributed by atoms with E-state index in [1.807, 2.05) is 22.6 Å². The Morgan fingerprint density at radius 2 is 1.33 bits per heavy atom. The van der Waals surface area contributed by atoms with Gasteiger partial charge >= 0.3 is 18.0 Å². The average molecular weight is 465 g/mol. The van der Waals surface area contributed by atoms with Crippen molar-refractivity contribution in [3.05, 3.63) is 50.9 Å². The molecule has 2 aromatic rings. The molecule has 0 spiro atoms. The lowest BCUT2D eigenvalue weighted by Crippen LogP contribution is -2.50. The van der Waals surface area contributed by atoms with Gasteiger partial charge < -0.3 is 4.57 Å². The molecule has 1 nitrogen and oxygen atoms in total. The molecule has 0 fully saturated rings. The highest BCUT2D eigenvalue weighted by Gasteiger charge is 2.73. The van der Waals surface area contributed by atoms with E-state index in [4.69, 9.17) is 0 Å². The van der Waals surface area contributed by atoms with Crippen molar-refractivity contribution in [2.75, 3.05) is 0 Å². The number of hydrogen-bond acceptors (Lipinski definition) is 0. The van der Waals surface area contributed by atoms with Crippen LogP contribution in [0, 0.1) is 17.5 Å². The summed E-state index contributed by atoms with van der Waals surface area (Å²) in [6, 6.07) is 4.59. The van der Waals surface area contributed by atoms with Crippen LogP contribution in [0.2, 0.25) is 0 Å². The van der Waals surface area contributed by atoms with Crippen LogP contribution in [0.25, 0.3) is 5.69 Å². The summed E-state index contributed by atoms with van der Waals surface area (Å²) in [5.74, 6) is 0. The minimum Gasteiger partial charge on any atom is -0.311 e. The summed E-state index contributed by atoms with van der Waals surface area (Å²) < 4.78 is 93.8. The number of nitrogens with zero attached hydrogens (tertiary/aromatic N) is 1. The van der Waals surface area contributed by atoms with Crippen LogP contribution in [-0.2, 0) is 5.67 Å². The van der Waals surface area contributed by atoms with Gasteiger partial charge in [-0.05, 0) is 59.7 Å². The molecular formula is C15H11F7IN. The molecule has 0 radical (unpaired) electrons. The fraction of sp³-hybridized carbons (Fsp3) is 0.333. The van der Waals surface area contributed by atoms with Gasteiger partial charge in [-0.25, -0.2) is 4.39 Å². The van der Waals surface area contributed by atoms with Crippen molar-refractivity contribution in [2.45, 2.75) is 31.9 Å². The highest BCUT2D eigenvalue weighted by molar-refractivity contribution is 14.1. The number of rotatable bonds is 2. The van der Waals surface area contributed by atoms with Crippen molar-refractivity contribution >= 4 is 22.6 Å². The predicted molar refractivity (Wildman–Crippen MR) is 82.9 cm³/mol. The Kier molecular flexibility index (Phi) is 4.70. The summed E-state index contributed by atoms with van der Waals surface area (Å²) in [4.78, 5) is 0. The number of aromatic nitrogens is 1. The number of benzene rings is 1. The first-order valence-corrected chi connectivity index (χ1v) is 7.66. The summed E-state index contributed by atoms with van der Waals surface area (Å²) in [7, 11) is 0. The quantitative estimate of drug-likeness (QED) is 0.380. The Labute approximate surface area is 146 Å². The number of halogens is 8. The van der Waals surface area contributed by atoms with Crippen LogP contribution in [0.3, 0.4) is 0 Å². The lowest BCUT2D eigenvalue weighted by atomic mass is 9.90. The first-order valence-electron chi connectivity index (χ1n) is 6.58. The third kappa shape index (κ3) is 2.91. The number of aryl methyl sites for hydroxylation is 2. The molecule has 0 N–H and O–H groups in total. The molecule has 132 valence electrons. The molecule has 24 heavy (non-hydrogen) atoms. The van der Waals surface area contributed by atoms with Crippen molar-refractivity contribution in [2.24, 2.45) is 0 Å². The Hall–Kier alpha value is -1.26. The zero-order chi connectivity index (χ0) is 18.5. The first kappa shape index (κ1) is 19.1. The summed E-state index contributed by atoms with van der Waals surface area (Å²) in [5.41, 5.74) is -6.26. The van der Waals surface area contributed by atoms with Crippen molar-refractivity contribution in [1.29, 1.82) is 0 Å². The Morgan fingerprint density at radius 1 is 0.875 bits per heavy atom. The van der Waals surface area contributed by atoms with E-state index in [2.05, 4.69) is 0 Å². The molecular weight excluding hydrogens is 454 g/mol. The zero-order valence-electron chi connectivity index (χ0n) is 12.4. The van der Waals surface area contributed by atoms with E-state index < -0.39 is 23.6 Å². The molecule has 0 amide bonds. The van der Waals surface area contributed by atoms with Gasteiger partial charge in [0.05, 0.1) is 9.39 Å². The van der Waals surface area contributed by atoms with E-state index >= 15 is 0 Å². The van der Waals surface area contributed by atoms with Gasteiger partial charge in [0.2, 0.25) is 0 Å². The van der Waals surface area contributed by atoms with E-state index in [-0.39, 0.29) is 11.1 Å². The zero-order valence-corrected chi connectivity index (χ0v) is 14.5. The maximum atomic E-state index is 14.2. The molecule has 2 rings (SSSR count). The maximum absolute atomic E-state index is 14.2. The molecule has 1 aromatic heterocycles. The van der Waals surface area contributed by atoms with Crippen LogP contribution in [0.4, 0.5) is 30.7 Å². The maximum Gasteiger partial charge on any atom is 0.435 e. The van der Waals surface area contributed by atoms with Gasteiger partial charge in [-0.3, -0.25) is 0 Å². The number of alkyl halides is 7. The molecule has 0 saturated carbocycles. The lowest BCUT2D eigenvalue weighted by Gasteiger charge is -2.31. The molecule has 0 aliphatic heterocycles. The highest BCUT2D eigenvalue weighted by atomic mass is 127. The minimum atomic E-state index is -6.12. The average Bonchev–Trinajstić information content (AvgIpc) is 2.80. The van der Waals surface area contributed by atoms with Crippen LogP contribution in [0.15, 0.2) is 30.5 Å². The first-order chi connectivity index (χ1) is 10.8. The molecule has 1 heterocycles. The second kappa shape index (κ2) is 5.92. The van der Waals surface area contributed by atoms with Crippen LogP contribution in [0.1, 0.15) is 16.7 Å². The van der Waals surface area contributed by atoms with Gasteiger partial charge in [0.15, 0.2) is 0 Å². The van der Waals surface area contributed by atoms with Crippen LogP contribution < -0.4 is 0 Å². The monoisotopic (exact) mass is 465 g/mol. The van der Waals surface area contributed by atoms with Crippen LogP contribution in [0.5, 0.6) is 0 Å². The van der Waals surface area contributed by atoms with E-state index in [0.29, 0.717) is 21.5 Å². The van der Waals surface area contributed by atoms with Gasteiger partial charge in [0, 0.05) is 11.8 Å². The van der Waals surface area contributed by atoms with Gasteiger partial charge in [-0.1, -0.05) is 12.1 Å². The normalized spacial score (nSPS) is 13.4. The standard InChI is InChI=1S/C15H11F7IN/c1-8-6-10(13(16,14(17,18)19)15(20,21)22)7-9(2)12(8)24-5-3-4-11(24)23/h3-7H,1-2H3. The summed E-state index contributed by atoms with van der Waals surface area (Å²) >= 11 is 1.97. The van der Waals surface area contributed by atoms with E-state index in [0.717, 1.165) is 0 Å². The van der Waals surface area contributed by atoms with Gasteiger partial charge in [0.1, 0.15) is 0 Å². The largest absolute Gasteiger partial charge is 0.435 e. The summed E-state index contributed by atoms with van der Waals surface area (Å²) in [6.07, 6.45) is -10.6. The van der Waals surface area contributed by atoms with E-state index in [1.54, 1.807) is 22.9 Å². The Morgan fingerprint density at radius 3 is 1.67 bits per heavy atom.